The lowest BCUT2D eigenvalue weighted by Gasteiger charge is -2.36. The second-order valence-corrected chi connectivity index (χ2v) is 11.2. The number of aryl methyl sites for hydroxylation is 2. The van der Waals surface area contributed by atoms with Gasteiger partial charge in [-0.15, -0.1) is 0 Å². The lowest BCUT2D eigenvalue weighted by molar-refractivity contribution is 0.120. The van der Waals surface area contributed by atoms with Crippen LogP contribution in [-0.2, 0) is 24.8 Å². The second-order valence-electron chi connectivity index (χ2n) is 11.2. The summed E-state index contributed by atoms with van der Waals surface area (Å²) in [7, 11) is 2.11. The number of nitrogens with zero attached hydrogens (tertiary/aromatic N) is 9. The maximum absolute atomic E-state index is 5.67. The Hall–Kier alpha value is -3.08. The highest BCUT2D eigenvalue weighted by Crippen LogP contribution is 2.29. The Morgan fingerprint density at radius 3 is 2.41 bits per heavy atom. The van der Waals surface area contributed by atoms with Gasteiger partial charge in [0.15, 0.2) is 17.0 Å². The third-order valence-corrected chi connectivity index (χ3v) is 8.82. The van der Waals surface area contributed by atoms with Crippen LogP contribution in [-0.4, -0.2) is 97.4 Å². The Morgan fingerprint density at radius 1 is 0.872 bits per heavy atom. The van der Waals surface area contributed by atoms with Gasteiger partial charge in [0.25, 0.3) is 0 Å². The number of hydrogen-bond acceptors (Lipinski definition) is 8. The third-order valence-electron chi connectivity index (χ3n) is 8.82. The molecule has 0 saturated carbocycles. The molecule has 1 aromatic carbocycles. The molecule has 4 aromatic rings. The SMILES string of the molecule is CCc1nc2ccccc2n1-c1nc(N2CCOCC2)c2nc(CN3CCC(N4CCCC4)CC3)n(C)c2n1. The molecule has 39 heavy (non-hydrogen) atoms. The molecule has 3 saturated heterocycles. The van der Waals surface area contributed by atoms with Gasteiger partial charge in [-0.05, 0) is 50.9 Å². The maximum atomic E-state index is 5.67. The van der Waals surface area contributed by atoms with Gasteiger partial charge in [0, 0.05) is 45.7 Å². The molecule has 206 valence electrons. The molecule has 0 radical (unpaired) electrons. The molecule has 6 heterocycles. The molecule has 3 aliphatic rings. The lowest BCUT2D eigenvalue weighted by Crippen LogP contribution is -2.43. The van der Waals surface area contributed by atoms with Crippen LogP contribution in [0.4, 0.5) is 5.82 Å². The summed E-state index contributed by atoms with van der Waals surface area (Å²) in [4.78, 5) is 28.0. The summed E-state index contributed by atoms with van der Waals surface area (Å²) in [6, 6.07) is 8.99. The summed E-state index contributed by atoms with van der Waals surface area (Å²) in [5, 5.41) is 0. The van der Waals surface area contributed by atoms with Crippen LogP contribution in [0.5, 0.6) is 0 Å². The smallest absolute Gasteiger partial charge is 0.239 e. The number of para-hydroxylation sites is 2. The zero-order valence-corrected chi connectivity index (χ0v) is 23.2. The Balaban J connectivity index is 1.26. The Morgan fingerprint density at radius 2 is 1.64 bits per heavy atom. The van der Waals surface area contributed by atoms with Crippen LogP contribution in [0.1, 0.15) is 44.3 Å². The fraction of sp³-hybridized carbons (Fsp3) is 0.586. The Labute approximate surface area is 229 Å². The highest BCUT2D eigenvalue weighted by molar-refractivity contribution is 5.86. The van der Waals surface area contributed by atoms with E-state index >= 15 is 0 Å². The minimum absolute atomic E-state index is 0.663. The molecule has 0 amide bonds. The number of benzene rings is 1. The molecule has 0 bridgehead atoms. The summed E-state index contributed by atoms with van der Waals surface area (Å²) < 4.78 is 9.97. The average molecular weight is 530 g/mol. The Bertz CT molecular complexity index is 1460. The van der Waals surface area contributed by atoms with Crippen molar-refractivity contribution >= 4 is 28.0 Å². The van der Waals surface area contributed by atoms with Gasteiger partial charge in [-0.3, -0.25) is 9.47 Å². The molecule has 10 nitrogen and oxygen atoms in total. The van der Waals surface area contributed by atoms with Gasteiger partial charge in [-0.25, -0.2) is 9.97 Å². The van der Waals surface area contributed by atoms with Crippen LogP contribution in [0, 0.1) is 0 Å². The van der Waals surface area contributed by atoms with E-state index < -0.39 is 0 Å². The van der Waals surface area contributed by atoms with Crippen LogP contribution in [0.25, 0.3) is 28.1 Å². The maximum Gasteiger partial charge on any atom is 0.239 e. The van der Waals surface area contributed by atoms with Crippen molar-refractivity contribution in [3.8, 4) is 5.95 Å². The summed E-state index contributed by atoms with van der Waals surface area (Å²) in [5.74, 6) is 3.58. The number of imidazole rings is 2. The van der Waals surface area contributed by atoms with Crippen molar-refractivity contribution in [2.45, 2.75) is 51.6 Å². The largest absolute Gasteiger partial charge is 0.378 e. The number of morpholine rings is 1. The van der Waals surface area contributed by atoms with E-state index in [4.69, 9.17) is 24.7 Å². The first-order valence-corrected chi connectivity index (χ1v) is 14.7. The van der Waals surface area contributed by atoms with E-state index in [1.807, 2.05) is 6.07 Å². The molecule has 10 heteroatoms. The first-order valence-electron chi connectivity index (χ1n) is 14.7. The molecule has 7 rings (SSSR count). The molecule has 0 aliphatic carbocycles. The van der Waals surface area contributed by atoms with Gasteiger partial charge in [-0.1, -0.05) is 19.1 Å². The number of fused-ring (bicyclic) bond motifs is 2. The van der Waals surface area contributed by atoms with Crippen LogP contribution in [0.2, 0.25) is 0 Å². The number of hydrogen-bond donors (Lipinski definition) is 0. The van der Waals surface area contributed by atoms with E-state index in [9.17, 15) is 0 Å². The van der Waals surface area contributed by atoms with Crippen molar-refractivity contribution in [3.63, 3.8) is 0 Å². The van der Waals surface area contributed by atoms with E-state index in [-0.39, 0.29) is 0 Å². The van der Waals surface area contributed by atoms with Crippen molar-refractivity contribution in [1.82, 2.24) is 38.9 Å². The predicted octanol–water partition coefficient (Wildman–Crippen LogP) is 3.16. The van der Waals surface area contributed by atoms with E-state index in [0.717, 1.165) is 84.9 Å². The number of anilines is 1. The topological polar surface area (TPSA) is 80.4 Å². The van der Waals surface area contributed by atoms with Gasteiger partial charge in [-0.2, -0.15) is 9.97 Å². The normalized spacial score (nSPS) is 20.1. The summed E-state index contributed by atoms with van der Waals surface area (Å²) >= 11 is 0. The van der Waals surface area contributed by atoms with E-state index in [1.165, 1.54) is 38.8 Å². The highest BCUT2D eigenvalue weighted by Gasteiger charge is 2.28. The second kappa shape index (κ2) is 10.5. The summed E-state index contributed by atoms with van der Waals surface area (Å²) in [6.07, 6.45) is 6.03. The average Bonchev–Trinajstić information content (AvgIpc) is 3.72. The third kappa shape index (κ3) is 4.58. The molecule has 0 unspecified atom stereocenters. The van der Waals surface area contributed by atoms with Gasteiger partial charge in [0.1, 0.15) is 11.6 Å². The molecule has 0 spiro atoms. The minimum Gasteiger partial charge on any atom is -0.378 e. The van der Waals surface area contributed by atoms with Crippen molar-refractivity contribution in [2.24, 2.45) is 7.05 Å². The number of likely N-dealkylation sites (tertiary alicyclic amines) is 2. The quantitative estimate of drug-likeness (QED) is 0.377. The van der Waals surface area contributed by atoms with Crippen molar-refractivity contribution in [2.75, 3.05) is 57.4 Å². The summed E-state index contributed by atoms with van der Waals surface area (Å²) in [6.45, 7) is 10.8. The minimum atomic E-state index is 0.663. The molecule has 3 aliphatic heterocycles. The standard InChI is InChI=1S/C29H39N9O/c1-3-24-30-22-8-4-5-9-23(22)38(24)29-32-27-26(28(33-29)37-16-18-39-19-17-37)31-25(34(27)2)20-35-14-10-21(11-15-35)36-12-6-7-13-36/h4-5,8-9,21H,3,6-7,10-20H2,1-2H3. The van der Waals surface area contributed by atoms with Gasteiger partial charge in [0.05, 0.1) is 30.8 Å². The van der Waals surface area contributed by atoms with E-state index in [1.54, 1.807) is 0 Å². The number of ether oxygens (including phenoxy) is 1. The number of aromatic nitrogens is 6. The zero-order valence-electron chi connectivity index (χ0n) is 23.2. The number of rotatable bonds is 6. The Kier molecular flexibility index (Phi) is 6.70. The van der Waals surface area contributed by atoms with Crippen molar-refractivity contribution < 1.29 is 4.74 Å². The summed E-state index contributed by atoms with van der Waals surface area (Å²) in [5.41, 5.74) is 3.76. The first-order chi connectivity index (χ1) is 19.2. The fourth-order valence-electron chi connectivity index (χ4n) is 6.60. The van der Waals surface area contributed by atoms with Gasteiger partial charge >= 0.3 is 0 Å². The van der Waals surface area contributed by atoms with Crippen molar-refractivity contribution in [1.29, 1.82) is 0 Å². The lowest BCUT2D eigenvalue weighted by atomic mass is 10.0. The van der Waals surface area contributed by atoms with E-state index in [2.05, 4.69) is 56.0 Å². The first kappa shape index (κ1) is 24.9. The van der Waals surface area contributed by atoms with Gasteiger partial charge < -0.3 is 19.1 Å². The van der Waals surface area contributed by atoms with Gasteiger partial charge in [0.2, 0.25) is 5.95 Å². The van der Waals surface area contributed by atoms with Crippen LogP contribution in [0.3, 0.4) is 0 Å². The van der Waals surface area contributed by atoms with Crippen LogP contribution >= 0.6 is 0 Å². The highest BCUT2D eigenvalue weighted by atomic mass is 16.5. The van der Waals surface area contributed by atoms with Crippen LogP contribution in [0.15, 0.2) is 24.3 Å². The molecule has 3 fully saturated rings. The monoisotopic (exact) mass is 529 g/mol. The van der Waals surface area contributed by atoms with Crippen molar-refractivity contribution in [3.05, 3.63) is 35.9 Å². The molecule has 3 aromatic heterocycles. The molecular weight excluding hydrogens is 490 g/mol. The van der Waals surface area contributed by atoms with E-state index in [0.29, 0.717) is 19.2 Å². The predicted molar refractivity (Wildman–Crippen MR) is 152 cm³/mol. The van der Waals surface area contributed by atoms with Crippen LogP contribution < -0.4 is 4.90 Å². The zero-order chi connectivity index (χ0) is 26.3. The molecular formula is C29H39N9O. The number of piperidine rings is 1. The molecule has 0 N–H and O–H groups in total. The fourth-order valence-corrected chi connectivity index (χ4v) is 6.60. The molecule has 0 atom stereocenters.